The number of halogens is 1. The molecule has 0 saturated carbocycles. The number of aliphatic hydroxyl groups is 1. The van der Waals surface area contributed by atoms with Crippen LogP contribution in [0.5, 0.6) is 5.75 Å². The summed E-state index contributed by atoms with van der Waals surface area (Å²) in [5.41, 5.74) is 1.05. The summed E-state index contributed by atoms with van der Waals surface area (Å²) >= 11 is 0. The molecule has 236 valence electrons. The number of nitrogens with one attached hydrogen (secondary N) is 1. The van der Waals surface area contributed by atoms with Gasteiger partial charge in [0.05, 0.1) is 43.7 Å². The summed E-state index contributed by atoms with van der Waals surface area (Å²) in [6.45, 7) is 7.04. The first-order chi connectivity index (χ1) is 20.5. The Bertz CT molecular complexity index is 1370. The van der Waals surface area contributed by atoms with E-state index in [0.29, 0.717) is 43.2 Å². The number of nitrogens with zero attached hydrogens (tertiary/aromatic N) is 3. The number of sulfonamides is 1. The van der Waals surface area contributed by atoms with Gasteiger partial charge in [0.25, 0.3) is 0 Å². The number of carbonyl (C=O) groups excluding carboxylic acids is 2. The molecule has 0 radical (unpaired) electrons. The molecule has 4 rings (SSSR count). The molecule has 3 atom stereocenters. The SMILES string of the molecule is C[C@H](CO)N1C[C@H](C)[C@@H](CN(C)S(=O)(=O)c2ccc(F)cc2)Oc2ccc(NC(=O)CCN3CCOCC3)cc2CC1=O. The predicted molar refractivity (Wildman–Crippen MR) is 159 cm³/mol. The van der Waals surface area contributed by atoms with Gasteiger partial charge in [0.15, 0.2) is 0 Å². The Morgan fingerprint density at radius 3 is 2.56 bits per heavy atom. The second-order valence-corrected chi connectivity index (χ2v) is 13.2. The van der Waals surface area contributed by atoms with E-state index >= 15 is 0 Å². The normalized spacial score (nSPS) is 20.9. The van der Waals surface area contributed by atoms with Crippen molar-refractivity contribution in [2.24, 2.45) is 5.92 Å². The lowest BCUT2D eigenvalue weighted by molar-refractivity contribution is -0.134. The van der Waals surface area contributed by atoms with E-state index in [9.17, 15) is 27.5 Å². The largest absolute Gasteiger partial charge is 0.488 e. The number of aliphatic hydroxyl groups excluding tert-OH is 1. The molecule has 2 aliphatic heterocycles. The van der Waals surface area contributed by atoms with Crippen molar-refractivity contribution < 1.29 is 37.0 Å². The molecule has 1 saturated heterocycles. The summed E-state index contributed by atoms with van der Waals surface area (Å²) in [4.78, 5) is 29.9. The Hall–Kier alpha value is -3.10. The second-order valence-electron chi connectivity index (χ2n) is 11.2. The van der Waals surface area contributed by atoms with Crippen LogP contribution in [0, 0.1) is 11.7 Å². The lowest BCUT2D eigenvalue weighted by Gasteiger charge is -2.33. The predicted octanol–water partition coefficient (Wildman–Crippen LogP) is 1.96. The highest BCUT2D eigenvalue weighted by molar-refractivity contribution is 7.89. The average molecular weight is 621 g/mol. The zero-order valence-corrected chi connectivity index (χ0v) is 25.7. The summed E-state index contributed by atoms with van der Waals surface area (Å²) in [5.74, 6) is -0.836. The highest BCUT2D eigenvalue weighted by Gasteiger charge is 2.33. The first kappa shape index (κ1) is 32.8. The van der Waals surface area contributed by atoms with Gasteiger partial charge in [0.2, 0.25) is 21.8 Å². The molecule has 13 heteroatoms. The van der Waals surface area contributed by atoms with E-state index in [0.717, 1.165) is 29.5 Å². The number of likely N-dealkylation sites (N-methyl/N-ethyl adjacent to an activating group) is 1. The number of hydrogen-bond acceptors (Lipinski definition) is 8. The Kier molecular flexibility index (Phi) is 11.1. The van der Waals surface area contributed by atoms with Crippen molar-refractivity contribution in [3.8, 4) is 5.75 Å². The maximum Gasteiger partial charge on any atom is 0.242 e. The fourth-order valence-electron chi connectivity index (χ4n) is 5.17. The fourth-order valence-corrected chi connectivity index (χ4v) is 6.35. The van der Waals surface area contributed by atoms with Gasteiger partial charge in [-0.3, -0.25) is 14.5 Å². The average Bonchev–Trinajstić information content (AvgIpc) is 3.03. The van der Waals surface area contributed by atoms with E-state index in [4.69, 9.17) is 9.47 Å². The van der Waals surface area contributed by atoms with Crippen molar-refractivity contribution in [2.45, 2.75) is 43.7 Å². The van der Waals surface area contributed by atoms with Gasteiger partial charge in [-0.2, -0.15) is 4.31 Å². The molecule has 1 fully saturated rings. The number of rotatable bonds is 10. The van der Waals surface area contributed by atoms with Crippen LogP contribution in [0.4, 0.5) is 10.1 Å². The van der Waals surface area contributed by atoms with Crippen LogP contribution in [0.1, 0.15) is 25.8 Å². The van der Waals surface area contributed by atoms with Crippen molar-refractivity contribution in [2.75, 3.05) is 64.9 Å². The minimum absolute atomic E-state index is 0.0275. The number of anilines is 1. The summed E-state index contributed by atoms with van der Waals surface area (Å²) in [5, 5.41) is 12.8. The topological polar surface area (TPSA) is 129 Å². The summed E-state index contributed by atoms with van der Waals surface area (Å²) in [6.07, 6.45) is -0.393. The minimum Gasteiger partial charge on any atom is -0.488 e. The molecule has 0 bridgehead atoms. The lowest BCUT2D eigenvalue weighted by Crippen LogP contribution is -2.48. The molecule has 0 aromatic heterocycles. The standard InChI is InChI=1S/C30H41FN4O7S/c1-21-18-35(22(2)20-36)30(38)17-23-16-25(32-29(37)10-11-34-12-14-41-15-13-34)6-9-27(23)42-28(21)19-33(3)43(39,40)26-7-4-24(31)5-8-26/h4-9,16,21-22,28,36H,10-15,17-20H2,1-3H3,(H,32,37)/t21-,22+,28+/m0/s1. The van der Waals surface area contributed by atoms with Gasteiger partial charge in [-0.15, -0.1) is 0 Å². The number of benzene rings is 2. The van der Waals surface area contributed by atoms with E-state index in [2.05, 4.69) is 10.2 Å². The van der Waals surface area contributed by atoms with Crippen LogP contribution < -0.4 is 10.1 Å². The maximum absolute atomic E-state index is 13.5. The summed E-state index contributed by atoms with van der Waals surface area (Å²) < 4.78 is 52.9. The van der Waals surface area contributed by atoms with E-state index in [1.54, 1.807) is 30.0 Å². The van der Waals surface area contributed by atoms with Crippen LogP contribution >= 0.6 is 0 Å². The van der Waals surface area contributed by atoms with Gasteiger partial charge in [-0.25, -0.2) is 12.8 Å². The van der Waals surface area contributed by atoms with Crippen molar-refractivity contribution >= 4 is 27.5 Å². The Labute approximate surface area is 252 Å². The summed E-state index contributed by atoms with van der Waals surface area (Å²) in [6, 6.07) is 9.22. The molecular formula is C30H41FN4O7S. The first-order valence-corrected chi connectivity index (χ1v) is 15.9. The zero-order valence-electron chi connectivity index (χ0n) is 24.9. The number of morpholine rings is 1. The van der Waals surface area contributed by atoms with Crippen molar-refractivity contribution in [3.05, 3.63) is 53.8 Å². The molecule has 11 nitrogen and oxygen atoms in total. The van der Waals surface area contributed by atoms with Gasteiger partial charge >= 0.3 is 0 Å². The smallest absolute Gasteiger partial charge is 0.242 e. The molecule has 2 aliphatic rings. The molecule has 2 heterocycles. The monoisotopic (exact) mass is 620 g/mol. The molecule has 0 unspecified atom stereocenters. The molecule has 2 aromatic carbocycles. The molecule has 2 aromatic rings. The molecule has 2 amide bonds. The van der Waals surface area contributed by atoms with Gasteiger partial charge in [0, 0.05) is 56.8 Å². The van der Waals surface area contributed by atoms with E-state index in [1.165, 1.54) is 19.2 Å². The first-order valence-electron chi connectivity index (χ1n) is 14.5. The van der Waals surface area contributed by atoms with Crippen LogP contribution in [-0.4, -0.2) is 111 Å². The van der Waals surface area contributed by atoms with Crippen molar-refractivity contribution in [3.63, 3.8) is 0 Å². The van der Waals surface area contributed by atoms with Crippen molar-refractivity contribution in [1.29, 1.82) is 0 Å². The zero-order chi connectivity index (χ0) is 31.1. The third kappa shape index (κ3) is 8.51. The Morgan fingerprint density at radius 1 is 1.19 bits per heavy atom. The van der Waals surface area contributed by atoms with Gasteiger partial charge in [-0.1, -0.05) is 6.92 Å². The van der Waals surface area contributed by atoms with E-state index < -0.39 is 28.0 Å². The van der Waals surface area contributed by atoms with Gasteiger partial charge in [0.1, 0.15) is 17.7 Å². The van der Waals surface area contributed by atoms with Gasteiger partial charge < -0.3 is 24.8 Å². The van der Waals surface area contributed by atoms with Gasteiger partial charge in [-0.05, 0) is 49.4 Å². The van der Waals surface area contributed by atoms with Crippen LogP contribution in [-0.2, 0) is 30.8 Å². The number of hydrogen-bond donors (Lipinski definition) is 2. The minimum atomic E-state index is -3.96. The number of ether oxygens (including phenoxy) is 2. The Morgan fingerprint density at radius 2 is 1.88 bits per heavy atom. The van der Waals surface area contributed by atoms with E-state index in [-0.39, 0.29) is 48.7 Å². The second kappa shape index (κ2) is 14.6. The lowest BCUT2D eigenvalue weighted by atomic mass is 10.0. The third-order valence-corrected chi connectivity index (χ3v) is 9.76. The molecule has 43 heavy (non-hydrogen) atoms. The van der Waals surface area contributed by atoms with Crippen LogP contribution in [0.25, 0.3) is 0 Å². The highest BCUT2D eigenvalue weighted by Crippen LogP contribution is 2.30. The van der Waals surface area contributed by atoms with Crippen LogP contribution in [0.15, 0.2) is 47.4 Å². The maximum atomic E-state index is 13.5. The van der Waals surface area contributed by atoms with Crippen LogP contribution in [0.2, 0.25) is 0 Å². The number of fused-ring (bicyclic) bond motifs is 1. The quantitative estimate of drug-likeness (QED) is 0.413. The van der Waals surface area contributed by atoms with Crippen LogP contribution in [0.3, 0.4) is 0 Å². The Balaban J connectivity index is 1.56. The van der Waals surface area contributed by atoms with E-state index in [1.807, 2.05) is 6.92 Å². The number of carbonyl (C=O) groups is 2. The fraction of sp³-hybridized carbons (Fsp3) is 0.533. The molecule has 0 spiro atoms. The molecule has 0 aliphatic carbocycles. The molecule has 2 N–H and O–H groups in total. The molecular weight excluding hydrogens is 579 g/mol. The highest BCUT2D eigenvalue weighted by atomic mass is 32.2. The number of amides is 2. The summed E-state index contributed by atoms with van der Waals surface area (Å²) in [7, 11) is -2.53. The third-order valence-electron chi connectivity index (χ3n) is 7.92. The van der Waals surface area contributed by atoms with Crippen molar-refractivity contribution in [1.82, 2.24) is 14.1 Å².